The van der Waals surface area contributed by atoms with Crippen molar-refractivity contribution < 1.29 is 9.26 Å². The molecule has 0 radical (unpaired) electrons. The molecule has 1 aromatic heterocycles. The third-order valence-corrected chi connectivity index (χ3v) is 3.73. The molecule has 130 valence electrons. The lowest BCUT2D eigenvalue weighted by Crippen LogP contribution is -2.39. The highest BCUT2D eigenvalue weighted by Crippen LogP contribution is 2.15. The van der Waals surface area contributed by atoms with Crippen LogP contribution in [0.15, 0.2) is 45.9 Å². The van der Waals surface area contributed by atoms with E-state index in [9.17, 15) is 0 Å². The smallest absolute Gasteiger partial charge is 0.191 e. The number of methoxy groups -OCH3 is 1. The average molecular weight is 330 g/mol. The van der Waals surface area contributed by atoms with Crippen LogP contribution < -0.4 is 10.6 Å². The molecule has 0 spiro atoms. The molecule has 0 fully saturated rings. The highest BCUT2D eigenvalue weighted by molar-refractivity contribution is 5.79. The van der Waals surface area contributed by atoms with E-state index in [1.54, 1.807) is 14.2 Å². The van der Waals surface area contributed by atoms with Crippen molar-refractivity contribution in [3.63, 3.8) is 0 Å². The molecule has 0 saturated carbocycles. The fourth-order valence-electron chi connectivity index (χ4n) is 2.27. The molecule has 6 nitrogen and oxygen atoms in total. The second-order valence-electron chi connectivity index (χ2n) is 5.81. The van der Waals surface area contributed by atoms with Crippen LogP contribution in [0.1, 0.15) is 42.9 Å². The molecule has 0 saturated heterocycles. The molecule has 0 aliphatic heterocycles. The Labute approximate surface area is 143 Å². The van der Waals surface area contributed by atoms with Crippen LogP contribution in [0.4, 0.5) is 0 Å². The van der Waals surface area contributed by atoms with E-state index in [1.165, 1.54) is 0 Å². The summed E-state index contributed by atoms with van der Waals surface area (Å²) in [6, 6.07) is 12.1. The summed E-state index contributed by atoms with van der Waals surface area (Å²) in [5.74, 6) is 1.83. The molecule has 2 N–H and O–H groups in total. The molecule has 2 aromatic rings. The van der Waals surface area contributed by atoms with Gasteiger partial charge < -0.3 is 19.9 Å². The zero-order valence-corrected chi connectivity index (χ0v) is 14.7. The third-order valence-electron chi connectivity index (χ3n) is 3.73. The molecule has 1 heterocycles. The number of nitrogens with one attached hydrogen (secondary N) is 2. The number of hydrogen-bond donors (Lipinski definition) is 2. The predicted octanol–water partition coefficient (Wildman–Crippen LogP) is 2.85. The van der Waals surface area contributed by atoms with Crippen molar-refractivity contribution >= 4 is 5.96 Å². The summed E-state index contributed by atoms with van der Waals surface area (Å²) >= 11 is 0. The Bertz CT molecular complexity index is 637. The van der Waals surface area contributed by atoms with Crippen LogP contribution >= 0.6 is 0 Å². The van der Waals surface area contributed by atoms with Crippen LogP contribution in [-0.4, -0.2) is 31.8 Å². The molecule has 6 heteroatoms. The first kappa shape index (κ1) is 18.0. The van der Waals surface area contributed by atoms with Crippen molar-refractivity contribution in [2.24, 2.45) is 4.99 Å². The summed E-state index contributed by atoms with van der Waals surface area (Å²) < 4.78 is 10.9. The van der Waals surface area contributed by atoms with Gasteiger partial charge in [-0.15, -0.1) is 0 Å². The summed E-state index contributed by atoms with van der Waals surface area (Å²) in [4.78, 5) is 4.22. The van der Waals surface area contributed by atoms with Gasteiger partial charge in [0.1, 0.15) is 0 Å². The molecule has 2 rings (SSSR count). The van der Waals surface area contributed by atoms with Gasteiger partial charge in [-0.05, 0) is 11.5 Å². The normalized spacial score (nSPS) is 13.1. The van der Waals surface area contributed by atoms with E-state index in [4.69, 9.17) is 9.26 Å². The fourth-order valence-corrected chi connectivity index (χ4v) is 2.27. The highest BCUT2D eigenvalue weighted by Gasteiger charge is 2.12. The molecule has 0 amide bonds. The topological polar surface area (TPSA) is 71.7 Å². The monoisotopic (exact) mass is 330 g/mol. The minimum absolute atomic E-state index is 0.0393. The fraction of sp³-hybridized carbons (Fsp3) is 0.444. The molecule has 1 unspecified atom stereocenters. The molecule has 0 aliphatic carbocycles. The average Bonchev–Trinajstić information content (AvgIpc) is 3.08. The lowest BCUT2D eigenvalue weighted by Gasteiger charge is -2.18. The van der Waals surface area contributed by atoms with Crippen LogP contribution in [0, 0.1) is 0 Å². The number of guanidine groups is 1. The number of rotatable bonds is 7. The number of aromatic nitrogens is 1. The molecule has 0 bridgehead atoms. The standard InChI is InChI=1S/C18H26N4O2/c1-13(2)16-10-15(24-22-16)11-20-18(19-3)21-12-17(23-4)14-8-6-5-7-9-14/h5-10,13,17H,11-12H2,1-4H3,(H2,19,20,21). The van der Waals surface area contributed by atoms with E-state index in [0.29, 0.717) is 25.0 Å². The van der Waals surface area contributed by atoms with E-state index in [2.05, 4.69) is 34.6 Å². The van der Waals surface area contributed by atoms with Crippen molar-refractivity contribution in [3.05, 3.63) is 53.4 Å². The van der Waals surface area contributed by atoms with Crippen molar-refractivity contribution in [1.29, 1.82) is 0 Å². The lowest BCUT2D eigenvalue weighted by atomic mass is 10.1. The van der Waals surface area contributed by atoms with Gasteiger partial charge in [0, 0.05) is 26.8 Å². The number of aliphatic imine (C=N–C) groups is 1. The Kier molecular flexibility index (Phi) is 6.81. The lowest BCUT2D eigenvalue weighted by molar-refractivity contribution is 0.106. The zero-order chi connectivity index (χ0) is 17.4. The summed E-state index contributed by atoms with van der Waals surface area (Å²) in [7, 11) is 3.44. The Morgan fingerprint density at radius 2 is 2.00 bits per heavy atom. The summed E-state index contributed by atoms with van der Waals surface area (Å²) in [5.41, 5.74) is 2.08. The maximum atomic E-state index is 5.55. The number of nitrogens with zero attached hydrogens (tertiary/aromatic N) is 2. The Morgan fingerprint density at radius 1 is 1.25 bits per heavy atom. The Morgan fingerprint density at radius 3 is 2.58 bits per heavy atom. The maximum Gasteiger partial charge on any atom is 0.191 e. The van der Waals surface area contributed by atoms with E-state index < -0.39 is 0 Å². The first-order valence-electron chi connectivity index (χ1n) is 8.11. The van der Waals surface area contributed by atoms with Crippen LogP contribution in [-0.2, 0) is 11.3 Å². The van der Waals surface area contributed by atoms with Crippen molar-refractivity contribution in [1.82, 2.24) is 15.8 Å². The predicted molar refractivity (Wildman–Crippen MR) is 95.0 cm³/mol. The van der Waals surface area contributed by atoms with E-state index in [1.807, 2.05) is 36.4 Å². The summed E-state index contributed by atoms with van der Waals surface area (Å²) in [5, 5.41) is 10.5. The largest absolute Gasteiger partial charge is 0.375 e. The second-order valence-corrected chi connectivity index (χ2v) is 5.81. The second kappa shape index (κ2) is 9.08. The number of benzene rings is 1. The highest BCUT2D eigenvalue weighted by atomic mass is 16.5. The van der Waals surface area contributed by atoms with Crippen LogP contribution in [0.2, 0.25) is 0 Å². The summed E-state index contributed by atoms with van der Waals surface area (Å²) in [6.07, 6.45) is -0.0393. The quantitative estimate of drug-likeness (QED) is 0.603. The van der Waals surface area contributed by atoms with Gasteiger partial charge in [-0.1, -0.05) is 49.3 Å². The number of ether oxygens (including phenoxy) is 1. The van der Waals surface area contributed by atoms with Gasteiger partial charge >= 0.3 is 0 Å². The van der Waals surface area contributed by atoms with Crippen molar-refractivity contribution in [2.75, 3.05) is 20.7 Å². The van der Waals surface area contributed by atoms with Crippen molar-refractivity contribution in [3.8, 4) is 0 Å². The molecule has 24 heavy (non-hydrogen) atoms. The minimum Gasteiger partial charge on any atom is -0.375 e. The van der Waals surface area contributed by atoms with E-state index in [-0.39, 0.29) is 6.10 Å². The van der Waals surface area contributed by atoms with Gasteiger partial charge in [0.2, 0.25) is 0 Å². The zero-order valence-electron chi connectivity index (χ0n) is 14.7. The Balaban J connectivity index is 1.85. The Hall–Kier alpha value is -2.34. The third kappa shape index (κ3) is 5.09. The summed E-state index contributed by atoms with van der Waals surface area (Å²) in [6.45, 7) is 5.32. The van der Waals surface area contributed by atoms with Gasteiger partial charge in [-0.3, -0.25) is 4.99 Å². The molecular weight excluding hydrogens is 304 g/mol. The van der Waals surface area contributed by atoms with Gasteiger partial charge in [0.25, 0.3) is 0 Å². The van der Waals surface area contributed by atoms with Crippen molar-refractivity contribution in [2.45, 2.75) is 32.4 Å². The number of hydrogen-bond acceptors (Lipinski definition) is 4. The van der Waals surface area contributed by atoms with Gasteiger partial charge in [0.15, 0.2) is 11.7 Å². The first-order valence-corrected chi connectivity index (χ1v) is 8.11. The van der Waals surface area contributed by atoms with Crippen LogP contribution in [0.5, 0.6) is 0 Å². The maximum absolute atomic E-state index is 5.55. The van der Waals surface area contributed by atoms with Gasteiger partial charge in [-0.25, -0.2) is 0 Å². The molecule has 1 aromatic carbocycles. The van der Waals surface area contributed by atoms with Crippen LogP contribution in [0.3, 0.4) is 0 Å². The SMILES string of the molecule is CN=C(NCc1cc(C(C)C)no1)NCC(OC)c1ccccc1. The first-order chi connectivity index (χ1) is 11.6. The molecular formula is C18H26N4O2. The van der Waals surface area contributed by atoms with Gasteiger partial charge in [0.05, 0.1) is 18.3 Å². The minimum atomic E-state index is -0.0393. The van der Waals surface area contributed by atoms with E-state index in [0.717, 1.165) is 17.0 Å². The molecule has 1 atom stereocenters. The molecule has 0 aliphatic rings. The van der Waals surface area contributed by atoms with Crippen LogP contribution in [0.25, 0.3) is 0 Å². The van der Waals surface area contributed by atoms with E-state index >= 15 is 0 Å². The van der Waals surface area contributed by atoms with Gasteiger partial charge in [-0.2, -0.15) is 0 Å².